The minimum Gasteiger partial charge on any atom is -0.465 e. The van der Waals surface area contributed by atoms with Gasteiger partial charge in [0.2, 0.25) is 0 Å². The first-order valence-electron chi connectivity index (χ1n) is 10.8. The van der Waals surface area contributed by atoms with Gasteiger partial charge in [0, 0.05) is 30.2 Å². The molecule has 1 fully saturated rings. The van der Waals surface area contributed by atoms with Crippen LogP contribution < -0.4 is 5.30 Å². The zero-order valence-corrected chi connectivity index (χ0v) is 21.7. The highest BCUT2D eigenvalue weighted by atomic mass is 79.9. The largest absolute Gasteiger partial charge is 0.465 e. The van der Waals surface area contributed by atoms with E-state index in [0.29, 0.717) is 4.88 Å². The number of halogens is 1. The Balaban J connectivity index is 1.81. The van der Waals surface area contributed by atoms with E-state index < -0.39 is 7.36 Å². The molecule has 0 spiro atoms. The van der Waals surface area contributed by atoms with E-state index >= 15 is 0 Å². The number of aliphatic imine (C=N–C) groups is 1. The fourth-order valence-corrected chi connectivity index (χ4v) is 9.75. The minimum absolute atomic E-state index is 0.336. The van der Waals surface area contributed by atoms with Crippen LogP contribution >= 0.6 is 34.6 Å². The van der Waals surface area contributed by atoms with Gasteiger partial charge in [0.1, 0.15) is 15.7 Å². The summed E-state index contributed by atoms with van der Waals surface area (Å²) in [6.45, 7) is 1.92. The summed E-state index contributed by atoms with van der Waals surface area (Å²) in [6.07, 6.45) is 2.26. The first-order valence-corrected chi connectivity index (χ1v) is 14.0. The SMILES string of the molecule is COC(=O)c1cc2c(s1)N=C(c1ccccc1)N(C)[P@]2(=Nc1ccc(Br)cc1)N1CCCC1. The van der Waals surface area contributed by atoms with Crippen LogP contribution in [0.15, 0.2) is 74.9 Å². The Bertz CT molecular complexity index is 1270. The molecule has 0 saturated carbocycles. The lowest BCUT2D eigenvalue weighted by atomic mass is 10.2. The summed E-state index contributed by atoms with van der Waals surface area (Å²) in [6, 6.07) is 20.3. The monoisotopic (exact) mass is 542 g/mol. The van der Waals surface area contributed by atoms with E-state index in [2.05, 4.69) is 44.5 Å². The zero-order valence-electron chi connectivity index (χ0n) is 18.4. The fourth-order valence-electron chi connectivity index (χ4n) is 4.34. The van der Waals surface area contributed by atoms with Gasteiger partial charge in [0.15, 0.2) is 7.36 Å². The van der Waals surface area contributed by atoms with Crippen LogP contribution in [0.3, 0.4) is 0 Å². The zero-order chi connectivity index (χ0) is 23.0. The molecule has 1 atom stereocenters. The Morgan fingerprint density at radius 1 is 1.12 bits per heavy atom. The smallest absolute Gasteiger partial charge is 0.348 e. The third kappa shape index (κ3) is 3.99. The highest BCUT2D eigenvalue weighted by Crippen LogP contribution is 2.63. The number of hydrogen-bond donors (Lipinski definition) is 0. The number of rotatable bonds is 4. The lowest BCUT2D eigenvalue weighted by molar-refractivity contribution is 0.0606. The predicted octanol–water partition coefficient (Wildman–Crippen LogP) is 6.40. The van der Waals surface area contributed by atoms with Crippen molar-refractivity contribution in [3.63, 3.8) is 0 Å². The van der Waals surface area contributed by atoms with E-state index in [-0.39, 0.29) is 5.97 Å². The molecule has 6 nitrogen and oxygen atoms in total. The molecule has 5 rings (SSSR count). The summed E-state index contributed by atoms with van der Waals surface area (Å²) in [7, 11) is 1.05. The van der Waals surface area contributed by atoms with Crippen molar-refractivity contribution in [2.24, 2.45) is 9.74 Å². The van der Waals surface area contributed by atoms with Crippen molar-refractivity contribution in [1.29, 1.82) is 0 Å². The van der Waals surface area contributed by atoms with Crippen LogP contribution in [0.4, 0.5) is 10.7 Å². The van der Waals surface area contributed by atoms with Gasteiger partial charge in [0.05, 0.1) is 18.1 Å². The second kappa shape index (κ2) is 9.18. The van der Waals surface area contributed by atoms with Crippen molar-refractivity contribution in [3.05, 3.63) is 75.6 Å². The number of esters is 1. The van der Waals surface area contributed by atoms with Crippen LogP contribution in [-0.2, 0) is 4.74 Å². The van der Waals surface area contributed by atoms with Crippen molar-refractivity contribution in [2.45, 2.75) is 12.8 Å². The van der Waals surface area contributed by atoms with Gasteiger partial charge in [0.25, 0.3) is 0 Å². The number of fused-ring (bicyclic) bond motifs is 1. The Kier molecular flexibility index (Phi) is 6.27. The molecule has 0 unspecified atom stereocenters. The number of benzene rings is 2. The van der Waals surface area contributed by atoms with E-state index in [0.717, 1.165) is 57.8 Å². The maximum Gasteiger partial charge on any atom is 0.348 e. The normalized spacial score (nSPS) is 20.3. The van der Waals surface area contributed by atoms with E-state index in [4.69, 9.17) is 14.5 Å². The number of ether oxygens (including phenoxy) is 1. The Morgan fingerprint density at radius 2 is 1.82 bits per heavy atom. The highest BCUT2D eigenvalue weighted by Gasteiger charge is 2.44. The number of nitrogens with zero attached hydrogens (tertiary/aromatic N) is 4. The van der Waals surface area contributed by atoms with Gasteiger partial charge in [-0.25, -0.2) is 19.2 Å². The summed E-state index contributed by atoms with van der Waals surface area (Å²) in [5, 5.41) is 1.87. The Morgan fingerprint density at radius 3 is 2.48 bits per heavy atom. The topological polar surface area (TPSA) is 57.5 Å². The van der Waals surface area contributed by atoms with Gasteiger partial charge < -0.3 is 9.41 Å². The third-order valence-electron chi connectivity index (χ3n) is 5.93. The summed E-state index contributed by atoms with van der Waals surface area (Å²) >= 11 is 4.92. The lowest BCUT2D eigenvalue weighted by Crippen LogP contribution is -2.39. The van der Waals surface area contributed by atoms with Crippen LogP contribution in [0.5, 0.6) is 0 Å². The summed E-state index contributed by atoms with van der Waals surface area (Å²) in [5.74, 6) is 0.541. The molecule has 0 aliphatic carbocycles. The molecule has 9 heteroatoms. The predicted molar refractivity (Wildman–Crippen MR) is 140 cm³/mol. The summed E-state index contributed by atoms with van der Waals surface area (Å²) in [5.41, 5.74) is 1.95. The van der Waals surface area contributed by atoms with Crippen LogP contribution in [0.1, 0.15) is 28.1 Å². The van der Waals surface area contributed by atoms with E-state index in [1.54, 1.807) is 0 Å². The van der Waals surface area contributed by atoms with Crippen LogP contribution in [0.25, 0.3) is 0 Å². The number of carbonyl (C=O) groups is 1. The molecule has 1 aromatic heterocycles. The maximum absolute atomic E-state index is 12.5. The number of carbonyl (C=O) groups excluding carboxylic acids is 1. The van der Waals surface area contributed by atoms with E-state index in [1.807, 2.05) is 48.5 Å². The van der Waals surface area contributed by atoms with Gasteiger partial charge in [-0.3, -0.25) is 0 Å². The number of hydrogen-bond acceptors (Lipinski definition) is 5. The fraction of sp³-hybridized carbons (Fsp3) is 0.250. The van der Waals surface area contributed by atoms with Crippen molar-refractivity contribution in [3.8, 4) is 0 Å². The van der Waals surface area contributed by atoms with Crippen molar-refractivity contribution >= 4 is 62.4 Å². The molecule has 33 heavy (non-hydrogen) atoms. The second-order valence-electron chi connectivity index (χ2n) is 7.92. The molecule has 0 N–H and O–H groups in total. The van der Waals surface area contributed by atoms with Crippen molar-refractivity contribution in [2.75, 3.05) is 27.2 Å². The average Bonchev–Trinajstić information content (AvgIpc) is 3.53. The minimum atomic E-state index is -2.46. The molecule has 170 valence electrons. The van der Waals surface area contributed by atoms with Crippen molar-refractivity contribution in [1.82, 2.24) is 9.34 Å². The van der Waals surface area contributed by atoms with Gasteiger partial charge in [-0.05, 0) is 43.2 Å². The maximum atomic E-state index is 12.5. The Hall–Kier alpha value is -2.25. The molecular weight excluding hydrogens is 519 g/mol. The number of methoxy groups -OCH3 is 1. The summed E-state index contributed by atoms with van der Waals surface area (Å²) in [4.78, 5) is 18.1. The Labute approximate surface area is 206 Å². The number of amidine groups is 1. The molecule has 2 aromatic carbocycles. The van der Waals surface area contributed by atoms with Gasteiger partial charge in [-0.1, -0.05) is 46.3 Å². The van der Waals surface area contributed by atoms with Crippen LogP contribution in [-0.4, -0.2) is 48.4 Å². The van der Waals surface area contributed by atoms with Gasteiger partial charge >= 0.3 is 5.97 Å². The first kappa shape index (κ1) is 22.5. The molecule has 2 aliphatic heterocycles. The van der Waals surface area contributed by atoms with Crippen molar-refractivity contribution < 1.29 is 9.53 Å². The van der Waals surface area contributed by atoms with Gasteiger partial charge in [-0.2, -0.15) is 0 Å². The molecule has 2 aliphatic rings. The third-order valence-corrected chi connectivity index (χ3v) is 11.3. The van der Waals surface area contributed by atoms with E-state index in [9.17, 15) is 4.79 Å². The van der Waals surface area contributed by atoms with Gasteiger partial charge in [-0.15, -0.1) is 11.3 Å². The quantitative estimate of drug-likeness (QED) is 0.282. The summed E-state index contributed by atoms with van der Waals surface area (Å²) < 4.78 is 16.3. The average molecular weight is 543 g/mol. The molecule has 0 amide bonds. The second-order valence-corrected chi connectivity index (χ2v) is 12.9. The molecular formula is C24H24BrN4O2PS. The molecule has 0 bridgehead atoms. The van der Waals surface area contributed by atoms with Crippen LogP contribution in [0.2, 0.25) is 0 Å². The molecule has 1 saturated heterocycles. The molecule has 3 heterocycles. The molecule has 0 radical (unpaired) electrons. The highest BCUT2D eigenvalue weighted by molar-refractivity contribution is 9.10. The van der Waals surface area contributed by atoms with E-state index in [1.165, 1.54) is 18.4 Å². The molecule has 3 aromatic rings. The first-order chi connectivity index (χ1) is 16.0. The number of thiophene rings is 1. The lowest BCUT2D eigenvalue weighted by Gasteiger charge is -2.44. The standard InChI is InChI=1S/C24H24BrN4O2PS/c1-28-22(17-8-4-3-5-9-17)26-23-20(16-21(33-23)24(30)31-2)32(28,29-14-6-7-15-29)27-19-12-10-18(25)11-13-19/h3-5,8-13,16H,6-7,14-15H2,1-2H3/t32-/m0/s1. The van der Waals surface area contributed by atoms with Crippen LogP contribution in [0, 0.1) is 0 Å².